The standard InChI is InChI=1S/C3H10Ge.3H/c1-3(2)4;;;/h3H,1-2,4H3;;;/q;3*-1. The summed E-state index contributed by atoms with van der Waals surface area (Å²) in [5, 5.41) is 0. The molecular formula is C3H13Ge-3. The largest absolute Gasteiger partial charge is 1.00 e. The molecule has 0 unspecified atom stereocenters. The third-order valence-electron chi connectivity index (χ3n) is 0. The van der Waals surface area contributed by atoms with E-state index in [0.717, 1.165) is 21.3 Å². The molecule has 0 aromatic heterocycles. The van der Waals surface area contributed by atoms with Crippen LogP contribution < -0.4 is 0 Å². The topological polar surface area (TPSA) is 0 Å². The molecule has 32 valence electrons. The van der Waals surface area contributed by atoms with Crippen LogP contribution in [0.4, 0.5) is 0 Å². The summed E-state index contributed by atoms with van der Waals surface area (Å²) in [6, 6.07) is 0. The first-order chi connectivity index (χ1) is 1.73. The second-order valence-corrected chi connectivity index (χ2v) is 6.58. The summed E-state index contributed by atoms with van der Waals surface area (Å²) < 4.78 is 1.02. The zero-order chi connectivity index (χ0) is 3.58. The fraction of sp³-hybridized carbons (Fsp3) is 1.00. The SMILES string of the molecule is C[CH](C)[GeH3].[H-].[H-].[H-]. The zero-order valence-electron chi connectivity index (χ0n) is 6.58. The van der Waals surface area contributed by atoms with Gasteiger partial charge in [-0.15, -0.1) is 0 Å². The van der Waals surface area contributed by atoms with Gasteiger partial charge in [-0.1, -0.05) is 0 Å². The molecule has 0 aromatic rings. The van der Waals surface area contributed by atoms with Crippen molar-refractivity contribution in [2.45, 2.75) is 18.6 Å². The molecule has 1 heteroatoms. The monoisotopic (exact) mass is 123 g/mol. The molecule has 0 fully saturated rings. The van der Waals surface area contributed by atoms with Crippen LogP contribution in [0.3, 0.4) is 0 Å². The van der Waals surface area contributed by atoms with Crippen LogP contribution in [-0.2, 0) is 0 Å². The average molecular weight is 122 g/mol. The van der Waals surface area contributed by atoms with Gasteiger partial charge >= 0.3 is 35.1 Å². The van der Waals surface area contributed by atoms with Crippen molar-refractivity contribution in [3.63, 3.8) is 0 Å². The van der Waals surface area contributed by atoms with E-state index in [-0.39, 0.29) is 4.28 Å². The molecule has 0 N–H and O–H groups in total. The molecule has 0 heterocycles. The molecule has 0 aliphatic carbocycles. The molecule has 0 amide bonds. The van der Waals surface area contributed by atoms with Gasteiger partial charge in [0.25, 0.3) is 0 Å². The van der Waals surface area contributed by atoms with E-state index in [1.807, 2.05) is 0 Å². The van der Waals surface area contributed by atoms with Crippen LogP contribution in [0.2, 0.25) is 4.75 Å². The molecule has 0 aliphatic rings. The molecule has 0 nitrogen and oxygen atoms in total. The molecule has 0 saturated carbocycles. The maximum absolute atomic E-state index is 2.25. The summed E-state index contributed by atoms with van der Waals surface area (Å²) in [5.74, 6) is 0. The van der Waals surface area contributed by atoms with E-state index in [1.54, 1.807) is 0 Å². The molecular weight excluding hydrogens is 109 g/mol. The minimum absolute atomic E-state index is 0. The summed E-state index contributed by atoms with van der Waals surface area (Å²) in [7, 11) is 0. The predicted octanol–water partition coefficient (Wildman–Crippen LogP) is 0.518. The summed E-state index contributed by atoms with van der Waals surface area (Å²) in [6.07, 6.45) is 0. The molecule has 0 bridgehead atoms. The van der Waals surface area contributed by atoms with Crippen molar-refractivity contribution in [1.29, 1.82) is 0 Å². The number of hydrogen-bond donors (Lipinski definition) is 0. The predicted molar refractivity (Wildman–Crippen MR) is 28.4 cm³/mol. The first-order valence-corrected chi connectivity index (χ1v) is 4.15. The minimum Gasteiger partial charge on any atom is -1.00 e. The Balaban J connectivity index is -0.0000000150. The Labute approximate surface area is 40.3 Å². The molecule has 0 aliphatic heterocycles. The van der Waals surface area contributed by atoms with Crippen molar-refractivity contribution < 1.29 is 4.28 Å². The van der Waals surface area contributed by atoms with Crippen molar-refractivity contribution in [3.05, 3.63) is 0 Å². The van der Waals surface area contributed by atoms with Crippen LogP contribution in [0.1, 0.15) is 18.1 Å². The van der Waals surface area contributed by atoms with E-state index < -0.39 is 0 Å². The smallest absolute Gasteiger partial charge is 1.00 e. The van der Waals surface area contributed by atoms with Crippen LogP contribution >= 0.6 is 0 Å². The second-order valence-electron chi connectivity index (χ2n) is 1.73. The van der Waals surface area contributed by atoms with Crippen molar-refractivity contribution in [2.75, 3.05) is 0 Å². The number of hydrogen-bond acceptors (Lipinski definition) is 0. The zero-order valence-corrected chi connectivity index (χ0v) is 7.77. The maximum Gasteiger partial charge on any atom is -1.00 e. The quantitative estimate of drug-likeness (QED) is 0.410. The van der Waals surface area contributed by atoms with Crippen LogP contribution in [0.25, 0.3) is 0 Å². The third kappa shape index (κ3) is 20.5. The Kier molecular flexibility index (Phi) is 2.07. The van der Waals surface area contributed by atoms with Crippen molar-refractivity contribution in [3.8, 4) is 0 Å². The van der Waals surface area contributed by atoms with E-state index in [1.165, 1.54) is 0 Å². The molecule has 0 radical (unpaired) electrons. The van der Waals surface area contributed by atoms with Gasteiger partial charge in [0.1, 0.15) is 0 Å². The van der Waals surface area contributed by atoms with E-state index in [2.05, 4.69) is 13.8 Å². The van der Waals surface area contributed by atoms with Gasteiger partial charge < -0.3 is 4.28 Å². The summed E-state index contributed by atoms with van der Waals surface area (Å²) >= 11 is 1.06. The van der Waals surface area contributed by atoms with Crippen LogP contribution in [0, 0.1) is 0 Å². The number of rotatable bonds is 0. The van der Waals surface area contributed by atoms with Gasteiger partial charge in [0.05, 0.1) is 0 Å². The van der Waals surface area contributed by atoms with Crippen LogP contribution in [0.5, 0.6) is 0 Å². The fourth-order valence-corrected chi connectivity index (χ4v) is 0. The Morgan fingerprint density at radius 1 is 1.75 bits per heavy atom. The minimum atomic E-state index is 0. The van der Waals surface area contributed by atoms with E-state index in [4.69, 9.17) is 0 Å². The van der Waals surface area contributed by atoms with E-state index in [0.29, 0.717) is 0 Å². The first-order valence-electron chi connectivity index (χ1n) is 1.73. The van der Waals surface area contributed by atoms with Gasteiger partial charge in [0, 0.05) is 0 Å². The van der Waals surface area contributed by atoms with E-state index >= 15 is 0 Å². The van der Waals surface area contributed by atoms with Gasteiger partial charge in [0.2, 0.25) is 0 Å². The molecule has 0 aromatic carbocycles. The average Bonchev–Trinajstić information content (AvgIpc) is 0.811. The molecule has 0 rings (SSSR count). The molecule has 4 heavy (non-hydrogen) atoms. The molecule has 0 spiro atoms. The molecule has 0 saturated heterocycles. The van der Waals surface area contributed by atoms with Crippen molar-refractivity contribution in [1.82, 2.24) is 0 Å². The second kappa shape index (κ2) is 1.83. The Morgan fingerprint density at radius 2 is 1.75 bits per heavy atom. The summed E-state index contributed by atoms with van der Waals surface area (Å²) in [6.45, 7) is 4.50. The van der Waals surface area contributed by atoms with Gasteiger partial charge in [-0.3, -0.25) is 0 Å². The molecule has 0 atom stereocenters. The van der Waals surface area contributed by atoms with Crippen molar-refractivity contribution in [2.24, 2.45) is 0 Å². The van der Waals surface area contributed by atoms with Crippen molar-refractivity contribution >= 4 is 16.5 Å². The van der Waals surface area contributed by atoms with Crippen LogP contribution in [-0.4, -0.2) is 16.5 Å². The van der Waals surface area contributed by atoms with Gasteiger partial charge in [-0.05, 0) is 0 Å². The van der Waals surface area contributed by atoms with E-state index in [9.17, 15) is 0 Å². The van der Waals surface area contributed by atoms with Crippen LogP contribution in [0.15, 0.2) is 0 Å². The first kappa shape index (κ1) is 4.54. The fourth-order valence-electron chi connectivity index (χ4n) is 0. The Hall–Kier alpha value is 0.543. The summed E-state index contributed by atoms with van der Waals surface area (Å²) in [4.78, 5) is 0. The summed E-state index contributed by atoms with van der Waals surface area (Å²) in [5.41, 5.74) is 0. The third-order valence-corrected chi connectivity index (χ3v) is 0. The Morgan fingerprint density at radius 3 is 1.75 bits per heavy atom. The van der Waals surface area contributed by atoms with Gasteiger partial charge in [0.15, 0.2) is 0 Å². The van der Waals surface area contributed by atoms with Gasteiger partial charge in [-0.2, -0.15) is 0 Å². The Bertz CT molecular complexity index is 14.9. The van der Waals surface area contributed by atoms with Gasteiger partial charge in [-0.25, -0.2) is 0 Å². The normalized spacial score (nSPS) is 9.75. The maximum atomic E-state index is 2.25.